The van der Waals surface area contributed by atoms with Gasteiger partial charge in [0.2, 0.25) is 11.6 Å². The van der Waals surface area contributed by atoms with E-state index >= 15 is 0 Å². The summed E-state index contributed by atoms with van der Waals surface area (Å²) in [7, 11) is 0. The SMILES string of the molecule is [2H]c1c([2H])c2c3c(c1[2H])Oc1c([2H])c(-n4c5c([2H])c([2H])c([2H])c([2H])c5n5c6c([2H])c([2H])c(C)c([2H])c6nc45)c([2H])c4c1B3c1c(c([2H])c([2H])c([2H])c1O4)O2.[2H]c1c([2H])c2c3c(c1[2H])Oc1c([2H])c([2H])c(C)c4c1B3c1c(c([2H])c(-n3c5ccccc5n5c6ccccc6nc35)c([2H])c1O4)O2.c1cc2c3c(c1)Oc1cc(-n4c5ccccc5c5cc(-n6c7ccccc7c7ccccc76)ccc54)cc4c1B3c1c(cccc1O4)O2. The lowest BCUT2D eigenvalue weighted by molar-refractivity contribution is 0.440. The predicted octanol–water partition coefficient (Wildman–Crippen LogP) is 19.9. The molecule has 23 aromatic rings. The zero-order chi connectivity index (χ0) is 101. The van der Waals surface area contributed by atoms with Crippen molar-refractivity contribution in [2.24, 2.45) is 0 Å². The molecule has 0 aliphatic carbocycles. The maximum Gasteiger partial charge on any atom is 0.270 e. The quantitative estimate of drug-likeness (QED) is 0.156. The van der Waals surface area contributed by atoms with Crippen molar-refractivity contribution in [2.75, 3.05) is 0 Å². The van der Waals surface area contributed by atoms with Crippen molar-refractivity contribution in [1.29, 1.82) is 0 Å². The molecule has 15 heterocycles. The average molecular weight is 1640 g/mol. The van der Waals surface area contributed by atoms with E-state index in [1.807, 2.05) is 89.3 Å². The normalized spacial score (nSPS) is 16.1. The number of nitrogens with zero attached hydrogens (tertiary/aromatic N) is 8. The van der Waals surface area contributed by atoms with Crippen LogP contribution in [0.15, 0.2) is 321 Å². The summed E-state index contributed by atoms with van der Waals surface area (Å²) in [5.41, 5.74) is 13.9. The number of rotatable bonds is 4. The largest absolute Gasteiger partial charge is 0.458 e. The van der Waals surface area contributed by atoms with Crippen molar-refractivity contribution in [3.8, 4) is 126 Å². The minimum Gasteiger partial charge on any atom is -0.458 e. The maximum absolute atomic E-state index is 9.63. The molecule has 17 nitrogen and oxygen atoms in total. The molecular formula is C106H59B3N8O9. The molecule has 32 rings (SSSR count). The van der Waals surface area contributed by atoms with Crippen LogP contribution in [0.3, 0.4) is 0 Å². The van der Waals surface area contributed by atoms with Crippen molar-refractivity contribution in [3.63, 3.8) is 0 Å². The first-order valence-corrected chi connectivity index (χ1v) is 40.7. The second-order valence-electron chi connectivity index (χ2n) is 32.0. The molecule has 0 spiro atoms. The Morgan fingerprint density at radius 1 is 0.246 bits per heavy atom. The van der Waals surface area contributed by atoms with Gasteiger partial charge in [-0.2, -0.15) is 0 Å². The van der Waals surface area contributed by atoms with Gasteiger partial charge in [0, 0.05) is 113 Å². The number of benzene rings is 17. The molecule has 0 radical (unpaired) electrons. The summed E-state index contributed by atoms with van der Waals surface area (Å²) in [6.07, 6.45) is 0. The minimum absolute atomic E-state index is 0.00961. The van der Waals surface area contributed by atoms with Crippen LogP contribution in [0.2, 0.25) is 0 Å². The summed E-state index contributed by atoms with van der Waals surface area (Å²) in [5, 5.41) is 4.89. The highest BCUT2D eigenvalue weighted by atomic mass is 16.5. The molecule has 126 heavy (non-hydrogen) atoms. The van der Waals surface area contributed by atoms with Crippen LogP contribution in [0.5, 0.6) is 103 Å². The monoisotopic (exact) mass is 1640 g/mol. The zero-order valence-corrected chi connectivity index (χ0v) is 65.4. The van der Waals surface area contributed by atoms with Crippen molar-refractivity contribution >= 4 is 169 Å². The highest BCUT2D eigenvalue weighted by Gasteiger charge is 2.51. The highest BCUT2D eigenvalue weighted by molar-refractivity contribution is 7.01. The van der Waals surface area contributed by atoms with Crippen LogP contribution in [0.4, 0.5) is 0 Å². The van der Waals surface area contributed by atoms with Gasteiger partial charge in [-0.3, -0.25) is 17.9 Å². The van der Waals surface area contributed by atoms with Crippen LogP contribution in [0.25, 0.3) is 122 Å². The van der Waals surface area contributed by atoms with Crippen molar-refractivity contribution in [2.45, 2.75) is 13.8 Å². The number of fused-ring (bicyclic) bond motifs is 16. The van der Waals surface area contributed by atoms with Crippen LogP contribution in [0.1, 0.15) is 41.3 Å². The zero-order valence-electron chi connectivity index (χ0n) is 87.4. The summed E-state index contributed by atoms with van der Waals surface area (Å²) in [6, 6.07) is 55.1. The lowest BCUT2D eigenvalue weighted by Gasteiger charge is -2.38. The number of hydrogen-bond donors (Lipinski definition) is 0. The van der Waals surface area contributed by atoms with Crippen LogP contribution >= 0.6 is 0 Å². The summed E-state index contributed by atoms with van der Waals surface area (Å²) >= 11 is 0. The molecule has 0 unspecified atom stereocenters. The number of para-hydroxylation sites is 9. The Morgan fingerprint density at radius 3 is 1.22 bits per heavy atom. The Morgan fingerprint density at radius 2 is 0.651 bits per heavy atom. The number of hydrogen-bond acceptors (Lipinski definition) is 11. The second-order valence-corrected chi connectivity index (χ2v) is 32.0. The van der Waals surface area contributed by atoms with Crippen molar-refractivity contribution < 1.29 is 72.8 Å². The molecule has 0 atom stereocenters. The number of imidazole rings is 4. The first-order chi connectivity index (χ1) is 71.5. The fourth-order valence-corrected chi connectivity index (χ4v) is 20.3. The van der Waals surface area contributed by atoms with Gasteiger partial charge in [0.25, 0.3) is 20.1 Å². The molecule has 0 bridgehead atoms. The van der Waals surface area contributed by atoms with Crippen LogP contribution in [-0.2, 0) is 0 Å². The average Bonchev–Trinajstić information content (AvgIpc) is 0.785. The van der Waals surface area contributed by atoms with E-state index in [2.05, 4.69) is 117 Å². The molecule has 9 aliphatic rings. The van der Waals surface area contributed by atoms with E-state index in [-0.39, 0.29) is 186 Å². The van der Waals surface area contributed by atoms with Gasteiger partial charge >= 0.3 is 0 Å². The topological polar surface area (TPSA) is 137 Å². The molecule has 17 aromatic carbocycles. The predicted molar refractivity (Wildman–Crippen MR) is 497 cm³/mol. The van der Waals surface area contributed by atoms with Crippen molar-refractivity contribution in [3.05, 3.63) is 332 Å². The fourth-order valence-electron chi connectivity index (χ4n) is 20.3. The first-order valence-electron chi connectivity index (χ1n) is 51.7. The Kier molecular flexibility index (Phi) is 9.55. The maximum atomic E-state index is 9.63. The molecule has 0 saturated carbocycles. The highest BCUT2D eigenvalue weighted by Crippen LogP contribution is 2.50. The van der Waals surface area contributed by atoms with E-state index in [1.54, 1.807) is 11.5 Å². The van der Waals surface area contributed by atoms with Crippen LogP contribution < -0.4 is 91.8 Å². The second kappa shape index (κ2) is 24.1. The lowest BCUT2D eigenvalue weighted by atomic mass is 9.34. The van der Waals surface area contributed by atoms with Gasteiger partial charge in [-0.25, -0.2) is 9.97 Å². The van der Waals surface area contributed by atoms with Gasteiger partial charge in [-0.05, 0) is 176 Å². The Bertz CT molecular complexity index is 10100. The molecular weight excluding hydrogens is 1560 g/mol. The Hall–Kier alpha value is -16.7. The van der Waals surface area contributed by atoms with E-state index < -0.39 is 97.7 Å². The van der Waals surface area contributed by atoms with Gasteiger partial charge in [-0.1, -0.05) is 133 Å². The van der Waals surface area contributed by atoms with E-state index in [4.69, 9.17) is 72.3 Å². The molecule has 9 aliphatic heterocycles. The number of ether oxygens (including phenoxy) is 9. The minimum atomic E-state index is -1.14. The van der Waals surface area contributed by atoms with Gasteiger partial charge in [-0.15, -0.1) is 0 Å². The summed E-state index contributed by atoms with van der Waals surface area (Å²) in [4.78, 5) is 9.51. The lowest BCUT2D eigenvalue weighted by Crippen LogP contribution is -2.59. The fraction of sp³-hybridized carbons (Fsp3) is 0.0189. The third-order valence-electron chi connectivity index (χ3n) is 25.4. The van der Waals surface area contributed by atoms with Gasteiger partial charge in [0.05, 0.1) is 113 Å². The Balaban J connectivity index is 0.000000103. The van der Waals surface area contributed by atoms with Gasteiger partial charge in [0.15, 0.2) is 0 Å². The van der Waals surface area contributed by atoms with E-state index in [9.17, 15) is 5.48 Å². The molecule has 20 heteroatoms. The van der Waals surface area contributed by atoms with Crippen molar-refractivity contribution in [1.82, 2.24) is 37.0 Å². The Labute approximate surface area is 747 Å². The third-order valence-corrected chi connectivity index (χ3v) is 25.4. The van der Waals surface area contributed by atoms with Crippen LogP contribution in [-0.4, -0.2) is 57.2 Å². The first kappa shape index (κ1) is 49.9. The van der Waals surface area contributed by atoms with Crippen LogP contribution in [0, 0.1) is 13.8 Å². The van der Waals surface area contributed by atoms with Gasteiger partial charge in [0.1, 0.15) is 103 Å². The smallest absolute Gasteiger partial charge is 0.270 e. The summed E-state index contributed by atoms with van der Waals surface area (Å²) < 4.78 is 263. The molecule has 0 saturated heterocycles. The molecule has 0 fully saturated rings. The molecule has 6 aromatic heterocycles. The standard InChI is InChI=1S/C42H23BN2O3.2C32H18BN3O3/c1-4-12-30-26(9-1)27-10-2-5-13-31(27)44(30)24-19-20-33-29(21-24)28-11-3-6-14-32(28)45(33)25-22-38-42-39(23-25)48-37-18-8-16-35-41(37)43(42)40-34(46-35)15-7-17-36(40)47-38;1-17-12-13-20-19(14-17)34-32-35(21-6-2-3-7-22(21)36(20)32)18-15-27-31-28(16-18)39-26-11-5-9-24-30(26)33(31)29-23(37-24)8-4-10-25(29)38-27;1-17-13-14-25-30-31(17)39-27-16-18(15-26-29(27)33(30)28-23(37-25)11-6-12-24(28)38-26)35-21-9-4-5-10-22(21)36-20-8-3-2-7-19(20)34-32(35)36/h1-23H;2*2-16H,1H3/i;2D,3D,4D,5D,6D,7D,8D,9D,10D,11D,12D,13D,14D,15D,16D;6D,11D,12D,13D,14D,15D,16D. The number of aromatic nitrogens is 8. The summed E-state index contributed by atoms with van der Waals surface area (Å²) in [6.45, 7) is 1.17. The molecule has 0 amide bonds. The van der Waals surface area contributed by atoms with E-state index in [1.165, 1.54) is 43.9 Å². The van der Waals surface area contributed by atoms with Gasteiger partial charge < -0.3 is 51.8 Å². The summed E-state index contributed by atoms with van der Waals surface area (Å²) in [5.74, 6) is 3.91. The molecule has 586 valence electrons. The van der Waals surface area contributed by atoms with E-state index in [0.29, 0.717) is 33.2 Å². The van der Waals surface area contributed by atoms with E-state index in [0.717, 1.165) is 94.4 Å². The molecule has 0 N–H and O–H groups in total. The third kappa shape index (κ3) is 8.84.